The number of nitrogens with two attached hydrogens (primary N) is 1. The molecule has 1 aliphatic rings. The van der Waals surface area contributed by atoms with Crippen LogP contribution >= 0.6 is 0 Å². The van der Waals surface area contributed by atoms with E-state index in [1.165, 1.54) is 0 Å². The lowest BCUT2D eigenvalue weighted by Gasteiger charge is -2.19. The number of primary amides is 1. The van der Waals surface area contributed by atoms with Crippen LogP contribution in [0.25, 0.3) is 16.9 Å². The summed E-state index contributed by atoms with van der Waals surface area (Å²) in [6, 6.07) is 10.2. The molecule has 4 aromatic rings. The molecule has 1 unspecified atom stereocenters. The Bertz CT molecular complexity index is 1320. The van der Waals surface area contributed by atoms with Crippen molar-refractivity contribution in [1.82, 2.24) is 29.3 Å². The van der Waals surface area contributed by atoms with E-state index < -0.39 is 6.09 Å². The smallest absolute Gasteiger partial charge is 0.404 e. The second kappa shape index (κ2) is 9.61. The van der Waals surface area contributed by atoms with Crippen LogP contribution in [0, 0.1) is 5.92 Å². The summed E-state index contributed by atoms with van der Waals surface area (Å²) >= 11 is 0. The van der Waals surface area contributed by atoms with Gasteiger partial charge in [0.1, 0.15) is 0 Å². The number of carbonyl (C=O) groups excluding carboxylic acids is 1. The quantitative estimate of drug-likeness (QED) is 0.398. The van der Waals surface area contributed by atoms with Crippen LogP contribution in [0.5, 0.6) is 0 Å². The summed E-state index contributed by atoms with van der Waals surface area (Å²) in [4.78, 5) is 27.5. The van der Waals surface area contributed by atoms with Gasteiger partial charge in [-0.2, -0.15) is 15.1 Å². The Balaban J connectivity index is 1.44. The summed E-state index contributed by atoms with van der Waals surface area (Å²) in [6.45, 7) is 6.51. The number of nitrogens with one attached hydrogen (secondary N) is 1. The standard InChI is InChI=1S/C24H29N9O2/c1-16(2)32-15-27-20-21(26-12-18-6-3-4-7-19(18)33-10-5-9-28-33)29-24(30-22(20)32)31-11-8-17(13-31)14-35-23(25)34/h3-7,9-10,15-17H,8,11-14H2,1-2H3,(H2,25,34)(H,26,29,30). The van der Waals surface area contributed by atoms with Crippen LogP contribution in [-0.4, -0.2) is 55.1 Å². The Kier molecular flexibility index (Phi) is 6.21. The molecule has 11 heteroatoms. The highest BCUT2D eigenvalue weighted by Gasteiger charge is 2.27. The molecule has 0 spiro atoms. The van der Waals surface area contributed by atoms with Crippen molar-refractivity contribution in [1.29, 1.82) is 0 Å². The highest BCUT2D eigenvalue weighted by Crippen LogP contribution is 2.28. The molecule has 0 aliphatic carbocycles. The van der Waals surface area contributed by atoms with Crippen molar-refractivity contribution in [2.24, 2.45) is 11.7 Å². The molecule has 1 saturated heterocycles. The minimum absolute atomic E-state index is 0.189. The van der Waals surface area contributed by atoms with Gasteiger partial charge < -0.3 is 25.3 Å². The van der Waals surface area contributed by atoms with Gasteiger partial charge in [0.05, 0.1) is 18.6 Å². The molecule has 3 aromatic heterocycles. The van der Waals surface area contributed by atoms with Crippen LogP contribution in [0.1, 0.15) is 31.9 Å². The monoisotopic (exact) mass is 475 g/mol. The summed E-state index contributed by atoms with van der Waals surface area (Å²) in [5, 5.41) is 7.87. The third-order valence-electron chi connectivity index (χ3n) is 6.19. The van der Waals surface area contributed by atoms with Gasteiger partial charge in [-0.1, -0.05) is 18.2 Å². The fourth-order valence-electron chi connectivity index (χ4n) is 4.37. The average molecular weight is 476 g/mol. The van der Waals surface area contributed by atoms with Crippen molar-refractivity contribution in [2.45, 2.75) is 32.9 Å². The molecule has 1 amide bonds. The van der Waals surface area contributed by atoms with Crippen LogP contribution in [-0.2, 0) is 11.3 Å². The summed E-state index contributed by atoms with van der Waals surface area (Å²) in [5.41, 5.74) is 8.72. The maximum absolute atomic E-state index is 11.0. The maximum atomic E-state index is 11.0. The number of fused-ring (bicyclic) bond motifs is 1. The molecular weight excluding hydrogens is 446 g/mol. The van der Waals surface area contributed by atoms with Crippen molar-refractivity contribution >= 4 is 29.0 Å². The first-order valence-corrected chi connectivity index (χ1v) is 11.7. The van der Waals surface area contributed by atoms with E-state index in [1.807, 2.05) is 46.0 Å². The van der Waals surface area contributed by atoms with Crippen molar-refractivity contribution < 1.29 is 9.53 Å². The Morgan fingerprint density at radius 3 is 2.89 bits per heavy atom. The molecule has 0 radical (unpaired) electrons. The van der Waals surface area contributed by atoms with E-state index >= 15 is 0 Å². The first kappa shape index (κ1) is 22.6. The molecule has 4 heterocycles. The third-order valence-corrected chi connectivity index (χ3v) is 6.19. The molecule has 182 valence electrons. The SMILES string of the molecule is CC(C)n1cnc2c(NCc3ccccc3-n3cccn3)nc(N3CCC(COC(N)=O)C3)nc21. The summed E-state index contributed by atoms with van der Waals surface area (Å²) in [5.74, 6) is 1.50. The van der Waals surface area contributed by atoms with Crippen LogP contribution in [0.2, 0.25) is 0 Å². The fraction of sp³-hybridized carbons (Fsp3) is 0.375. The first-order chi connectivity index (χ1) is 17.0. The molecule has 0 bridgehead atoms. The van der Waals surface area contributed by atoms with Gasteiger partial charge in [-0.15, -0.1) is 0 Å². The Labute approximate surface area is 202 Å². The van der Waals surface area contributed by atoms with E-state index in [4.69, 9.17) is 20.4 Å². The van der Waals surface area contributed by atoms with Crippen molar-refractivity contribution in [2.75, 3.05) is 29.9 Å². The zero-order valence-corrected chi connectivity index (χ0v) is 19.8. The molecule has 1 fully saturated rings. The molecule has 11 nitrogen and oxygen atoms in total. The number of rotatable bonds is 8. The zero-order valence-electron chi connectivity index (χ0n) is 19.8. The minimum Gasteiger partial charge on any atom is -0.449 e. The summed E-state index contributed by atoms with van der Waals surface area (Å²) < 4.78 is 8.91. The number of anilines is 2. The van der Waals surface area contributed by atoms with Gasteiger partial charge in [0, 0.05) is 44.0 Å². The zero-order chi connectivity index (χ0) is 24.4. The second-order valence-electron chi connectivity index (χ2n) is 8.95. The van der Waals surface area contributed by atoms with Crippen molar-refractivity contribution in [3.05, 3.63) is 54.6 Å². The number of benzene rings is 1. The molecule has 1 aliphatic heterocycles. The van der Waals surface area contributed by atoms with Gasteiger partial charge in [0.15, 0.2) is 17.0 Å². The molecule has 1 atom stereocenters. The van der Waals surface area contributed by atoms with Crippen LogP contribution in [0.4, 0.5) is 16.6 Å². The van der Waals surface area contributed by atoms with Crippen molar-refractivity contribution in [3.8, 4) is 5.69 Å². The Morgan fingerprint density at radius 2 is 2.11 bits per heavy atom. The second-order valence-corrected chi connectivity index (χ2v) is 8.95. The highest BCUT2D eigenvalue weighted by molar-refractivity contribution is 5.84. The van der Waals surface area contributed by atoms with Gasteiger partial charge in [0.25, 0.3) is 0 Å². The van der Waals surface area contributed by atoms with Gasteiger partial charge in [-0.25, -0.2) is 14.5 Å². The van der Waals surface area contributed by atoms with E-state index in [9.17, 15) is 4.79 Å². The number of aromatic nitrogens is 6. The summed E-state index contributed by atoms with van der Waals surface area (Å²) in [6.07, 6.45) is 5.63. The number of hydrogen-bond acceptors (Lipinski definition) is 8. The van der Waals surface area contributed by atoms with Crippen LogP contribution in [0.15, 0.2) is 49.1 Å². The lowest BCUT2D eigenvalue weighted by atomic mass is 10.1. The lowest BCUT2D eigenvalue weighted by Crippen LogP contribution is -2.25. The van der Waals surface area contributed by atoms with Crippen LogP contribution < -0.4 is 16.0 Å². The van der Waals surface area contributed by atoms with Gasteiger partial charge >= 0.3 is 6.09 Å². The van der Waals surface area contributed by atoms with E-state index in [0.29, 0.717) is 31.5 Å². The van der Waals surface area contributed by atoms with E-state index in [2.05, 4.69) is 40.2 Å². The normalized spacial score (nSPS) is 15.7. The van der Waals surface area contributed by atoms with E-state index in [1.54, 1.807) is 6.20 Å². The van der Waals surface area contributed by atoms with Gasteiger partial charge in [-0.05, 0) is 38.0 Å². The molecular formula is C24H29N9O2. The summed E-state index contributed by atoms with van der Waals surface area (Å²) in [7, 11) is 0. The number of amides is 1. The topological polar surface area (TPSA) is 129 Å². The molecule has 3 N–H and O–H groups in total. The van der Waals surface area contributed by atoms with Crippen molar-refractivity contribution in [3.63, 3.8) is 0 Å². The average Bonchev–Trinajstić information content (AvgIpc) is 3.62. The maximum Gasteiger partial charge on any atom is 0.404 e. The molecule has 5 rings (SSSR count). The molecule has 0 saturated carbocycles. The number of hydrogen-bond donors (Lipinski definition) is 2. The number of ether oxygens (including phenoxy) is 1. The Morgan fingerprint density at radius 1 is 1.26 bits per heavy atom. The van der Waals surface area contributed by atoms with Gasteiger partial charge in [-0.3, -0.25) is 0 Å². The predicted molar refractivity (Wildman–Crippen MR) is 132 cm³/mol. The van der Waals surface area contributed by atoms with E-state index in [-0.39, 0.29) is 12.0 Å². The fourth-order valence-corrected chi connectivity index (χ4v) is 4.37. The van der Waals surface area contributed by atoms with Crippen LogP contribution in [0.3, 0.4) is 0 Å². The number of imidazole rings is 1. The highest BCUT2D eigenvalue weighted by atomic mass is 16.5. The minimum atomic E-state index is -0.746. The van der Waals surface area contributed by atoms with E-state index in [0.717, 1.165) is 35.4 Å². The molecule has 1 aromatic carbocycles. The largest absolute Gasteiger partial charge is 0.449 e. The number of carbonyl (C=O) groups is 1. The molecule has 35 heavy (non-hydrogen) atoms. The Hall–Kier alpha value is -4.15. The predicted octanol–water partition coefficient (Wildman–Crippen LogP) is 3.13. The first-order valence-electron chi connectivity index (χ1n) is 11.7. The lowest BCUT2D eigenvalue weighted by molar-refractivity contribution is 0.140. The number of para-hydroxylation sites is 1. The number of nitrogens with zero attached hydrogens (tertiary/aromatic N) is 7. The third kappa shape index (κ3) is 4.75. The van der Waals surface area contributed by atoms with Gasteiger partial charge in [0.2, 0.25) is 5.95 Å².